The minimum atomic E-state index is -4.05. The summed E-state index contributed by atoms with van der Waals surface area (Å²) < 4.78 is 26.7. The molecule has 0 saturated carbocycles. The highest BCUT2D eigenvalue weighted by Crippen LogP contribution is 2.28. The van der Waals surface area contributed by atoms with Crippen LogP contribution in [0.1, 0.15) is 6.92 Å². The van der Waals surface area contributed by atoms with Crippen molar-refractivity contribution in [1.82, 2.24) is 4.72 Å². The lowest BCUT2D eigenvalue weighted by molar-refractivity contribution is -0.115. The molecule has 0 fully saturated rings. The van der Waals surface area contributed by atoms with Crippen LogP contribution in [0.5, 0.6) is 0 Å². The summed E-state index contributed by atoms with van der Waals surface area (Å²) in [5, 5.41) is 5.04. The quantitative estimate of drug-likeness (QED) is 0.674. The molecule has 0 bridgehead atoms. The number of amides is 2. The summed E-state index contributed by atoms with van der Waals surface area (Å²) in [5.74, 6) is -0.793. The van der Waals surface area contributed by atoms with Crippen LogP contribution in [0.25, 0.3) is 0 Å². The third-order valence-electron chi connectivity index (χ3n) is 3.10. The average Bonchev–Trinajstić information content (AvgIpc) is 2.54. The van der Waals surface area contributed by atoms with Crippen LogP contribution < -0.4 is 15.4 Å². The van der Waals surface area contributed by atoms with Crippen molar-refractivity contribution in [2.45, 2.75) is 11.8 Å². The van der Waals surface area contributed by atoms with Crippen molar-refractivity contribution in [3.63, 3.8) is 0 Å². The van der Waals surface area contributed by atoms with Gasteiger partial charge in [0.15, 0.2) is 0 Å². The van der Waals surface area contributed by atoms with E-state index in [9.17, 15) is 18.0 Å². The molecular formula is C16H15Cl2N3O4S. The number of hydrogen-bond acceptors (Lipinski definition) is 4. The first-order valence-electron chi connectivity index (χ1n) is 7.30. The van der Waals surface area contributed by atoms with Crippen molar-refractivity contribution < 1.29 is 18.0 Å². The zero-order chi connectivity index (χ0) is 19.3. The lowest BCUT2D eigenvalue weighted by atomic mass is 10.2. The fourth-order valence-electron chi connectivity index (χ4n) is 2.02. The monoisotopic (exact) mass is 415 g/mol. The number of carbonyl (C=O) groups is 2. The highest BCUT2D eigenvalue weighted by Gasteiger charge is 2.22. The Kier molecular flexibility index (Phi) is 6.60. The first kappa shape index (κ1) is 20.2. The van der Waals surface area contributed by atoms with E-state index in [1.54, 1.807) is 24.3 Å². The highest BCUT2D eigenvalue weighted by atomic mass is 35.5. The van der Waals surface area contributed by atoms with Crippen molar-refractivity contribution in [3.05, 3.63) is 52.5 Å². The molecule has 3 N–H and O–H groups in total. The van der Waals surface area contributed by atoms with Crippen molar-refractivity contribution in [2.75, 3.05) is 17.2 Å². The van der Waals surface area contributed by atoms with Crippen LogP contribution in [0.4, 0.5) is 11.4 Å². The lowest BCUT2D eigenvalue weighted by Gasteiger charge is -2.10. The van der Waals surface area contributed by atoms with Gasteiger partial charge in [0.2, 0.25) is 21.8 Å². The molecule has 0 radical (unpaired) electrons. The third kappa shape index (κ3) is 5.43. The summed E-state index contributed by atoms with van der Waals surface area (Å²) in [4.78, 5) is 22.6. The number of halogens is 2. The van der Waals surface area contributed by atoms with Crippen LogP contribution in [-0.2, 0) is 19.6 Å². The Balaban J connectivity index is 1.99. The summed E-state index contributed by atoms with van der Waals surface area (Å²) >= 11 is 11.8. The van der Waals surface area contributed by atoms with Gasteiger partial charge >= 0.3 is 0 Å². The van der Waals surface area contributed by atoms with E-state index in [2.05, 4.69) is 15.4 Å². The SMILES string of the molecule is CC(=O)Nc1ccc(NC(=O)CNS(=O)(=O)c2c(Cl)cccc2Cl)cc1. The van der Waals surface area contributed by atoms with Gasteiger partial charge in [0.05, 0.1) is 16.6 Å². The summed E-state index contributed by atoms with van der Waals surface area (Å²) in [7, 11) is -4.05. The largest absolute Gasteiger partial charge is 0.326 e. The molecule has 26 heavy (non-hydrogen) atoms. The molecule has 2 rings (SSSR count). The molecular weight excluding hydrogens is 401 g/mol. The normalized spacial score (nSPS) is 11.0. The number of rotatable bonds is 6. The zero-order valence-corrected chi connectivity index (χ0v) is 15.9. The molecule has 0 aliphatic rings. The van der Waals surface area contributed by atoms with Crippen LogP contribution >= 0.6 is 23.2 Å². The third-order valence-corrected chi connectivity index (χ3v) is 5.46. The molecule has 0 aliphatic carbocycles. The second-order valence-corrected chi connectivity index (χ2v) is 7.70. The van der Waals surface area contributed by atoms with Crippen molar-refractivity contribution in [3.8, 4) is 0 Å². The predicted molar refractivity (Wildman–Crippen MR) is 101 cm³/mol. The van der Waals surface area contributed by atoms with Gasteiger partial charge in [0.1, 0.15) is 4.90 Å². The molecule has 0 saturated heterocycles. The minimum absolute atomic E-state index is 0.0426. The number of carbonyl (C=O) groups excluding carboxylic acids is 2. The number of anilines is 2. The molecule has 0 atom stereocenters. The van der Waals surface area contributed by atoms with Crippen molar-refractivity contribution >= 4 is 56.4 Å². The zero-order valence-electron chi connectivity index (χ0n) is 13.5. The second-order valence-electron chi connectivity index (χ2n) is 5.18. The molecule has 0 spiro atoms. The minimum Gasteiger partial charge on any atom is -0.326 e. The molecule has 7 nitrogen and oxygen atoms in total. The molecule has 2 aromatic carbocycles. The Morgan fingerprint density at radius 3 is 1.92 bits per heavy atom. The van der Waals surface area contributed by atoms with E-state index in [4.69, 9.17) is 23.2 Å². The maximum atomic E-state index is 12.3. The maximum Gasteiger partial charge on any atom is 0.244 e. The first-order chi connectivity index (χ1) is 12.2. The van der Waals surface area contributed by atoms with Gasteiger partial charge in [-0.15, -0.1) is 0 Å². The maximum absolute atomic E-state index is 12.3. The van der Waals surface area contributed by atoms with Crippen LogP contribution in [0, 0.1) is 0 Å². The van der Waals surface area contributed by atoms with E-state index < -0.39 is 22.5 Å². The number of benzene rings is 2. The topological polar surface area (TPSA) is 104 Å². The predicted octanol–water partition coefficient (Wildman–Crippen LogP) is 2.87. The molecule has 2 aromatic rings. The molecule has 138 valence electrons. The van der Waals surface area contributed by atoms with Gasteiger partial charge in [-0.2, -0.15) is 0 Å². The Bertz CT molecular complexity index is 911. The van der Waals surface area contributed by atoms with E-state index in [0.29, 0.717) is 11.4 Å². The fourth-order valence-corrected chi connectivity index (χ4v) is 4.14. The standard InChI is InChI=1S/C16H15Cl2N3O4S/c1-10(22)20-11-5-7-12(8-6-11)21-15(23)9-19-26(24,25)16-13(17)3-2-4-14(16)18/h2-8,19H,9H2,1H3,(H,20,22)(H,21,23). The summed E-state index contributed by atoms with van der Waals surface area (Å²) in [5.41, 5.74) is 1.02. The molecule has 10 heteroatoms. The van der Waals surface area contributed by atoms with Gasteiger partial charge in [-0.05, 0) is 36.4 Å². The van der Waals surface area contributed by atoms with Gasteiger partial charge in [-0.25, -0.2) is 13.1 Å². The first-order valence-corrected chi connectivity index (χ1v) is 9.54. The van der Waals surface area contributed by atoms with Crippen LogP contribution in [0.3, 0.4) is 0 Å². The smallest absolute Gasteiger partial charge is 0.244 e. The second kappa shape index (κ2) is 8.50. The van der Waals surface area contributed by atoms with E-state index in [0.717, 1.165) is 0 Å². The molecule has 0 heterocycles. The van der Waals surface area contributed by atoms with E-state index in [1.165, 1.54) is 25.1 Å². The Morgan fingerprint density at radius 1 is 0.923 bits per heavy atom. The number of nitrogens with one attached hydrogen (secondary N) is 3. The molecule has 0 aromatic heterocycles. The average molecular weight is 416 g/mol. The number of sulfonamides is 1. The summed E-state index contributed by atoms with van der Waals surface area (Å²) in [6.07, 6.45) is 0. The number of hydrogen-bond donors (Lipinski definition) is 3. The van der Waals surface area contributed by atoms with Gasteiger partial charge in [0, 0.05) is 18.3 Å². The van der Waals surface area contributed by atoms with Crippen LogP contribution in [0.2, 0.25) is 10.0 Å². The van der Waals surface area contributed by atoms with Gasteiger partial charge < -0.3 is 10.6 Å². The molecule has 0 aliphatic heterocycles. The van der Waals surface area contributed by atoms with Crippen molar-refractivity contribution in [2.24, 2.45) is 0 Å². The summed E-state index contributed by atoms with van der Waals surface area (Å²) in [6.45, 7) is 0.879. The Labute approximate surface area is 160 Å². The highest BCUT2D eigenvalue weighted by molar-refractivity contribution is 7.89. The van der Waals surface area contributed by atoms with Gasteiger partial charge in [0.25, 0.3) is 0 Å². The van der Waals surface area contributed by atoms with Crippen molar-refractivity contribution in [1.29, 1.82) is 0 Å². The summed E-state index contributed by atoms with van der Waals surface area (Å²) in [6, 6.07) is 10.6. The molecule has 0 unspecified atom stereocenters. The van der Waals surface area contributed by atoms with Crippen LogP contribution in [0.15, 0.2) is 47.4 Å². The molecule has 2 amide bonds. The van der Waals surface area contributed by atoms with E-state index in [-0.39, 0.29) is 20.8 Å². The van der Waals surface area contributed by atoms with Gasteiger partial charge in [-0.3, -0.25) is 9.59 Å². The van der Waals surface area contributed by atoms with E-state index in [1.807, 2.05) is 0 Å². The lowest BCUT2D eigenvalue weighted by Crippen LogP contribution is -2.33. The van der Waals surface area contributed by atoms with E-state index >= 15 is 0 Å². The van der Waals surface area contributed by atoms with Crippen LogP contribution in [-0.4, -0.2) is 26.8 Å². The Morgan fingerprint density at radius 2 is 1.42 bits per heavy atom. The fraction of sp³-hybridized carbons (Fsp3) is 0.125. The Hall–Kier alpha value is -2.13. The van der Waals surface area contributed by atoms with Gasteiger partial charge in [-0.1, -0.05) is 29.3 Å².